The van der Waals surface area contributed by atoms with Gasteiger partial charge in [-0.2, -0.15) is 4.31 Å². The van der Waals surface area contributed by atoms with Crippen molar-refractivity contribution in [1.82, 2.24) is 4.31 Å². The number of hydrogen-bond acceptors (Lipinski definition) is 3. The van der Waals surface area contributed by atoms with Crippen molar-refractivity contribution < 1.29 is 8.42 Å². The Hall–Kier alpha value is -0.500. The highest BCUT2D eigenvalue weighted by atomic mass is 79.9. The number of halogens is 1. The van der Waals surface area contributed by atoms with Crippen molar-refractivity contribution in [2.24, 2.45) is 5.73 Å². The minimum atomic E-state index is -3.54. The third-order valence-electron chi connectivity index (χ3n) is 2.24. The third kappa shape index (κ3) is 4.01. The number of sulfonamides is 1. The van der Waals surface area contributed by atoms with Crippen LogP contribution < -0.4 is 5.73 Å². The molecule has 18 heavy (non-hydrogen) atoms. The van der Waals surface area contributed by atoms with Crippen LogP contribution in [0.4, 0.5) is 0 Å². The lowest BCUT2D eigenvalue weighted by Gasteiger charge is -2.21. The second-order valence-electron chi connectivity index (χ2n) is 3.76. The predicted molar refractivity (Wildman–Crippen MR) is 80.0 cm³/mol. The van der Waals surface area contributed by atoms with Gasteiger partial charge in [0.15, 0.2) is 0 Å². The summed E-state index contributed by atoms with van der Waals surface area (Å²) in [7, 11) is -3.54. The average molecular weight is 351 g/mol. The summed E-state index contributed by atoms with van der Waals surface area (Å²) < 4.78 is 26.8. The van der Waals surface area contributed by atoms with Crippen molar-refractivity contribution in [2.45, 2.75) is 18.2 Å². The van der Waals surface area contributed by atoms with E-state index in [1.54, 1.807) is 24.3 Å². The Morgan fingerprint density at radius 3 is 2.67 bits per heavy atom. The molecule has 0 atom stereocenters. The molecule has 0 spiro atoms. The average Bonchev–Trinajstić information content (AvgIpc) is 2.28. The van der Waals surface area contributed by atoms with Crippen LogP contribution in [0.3, 0.4) is 0 Å². The topological polar surface area (TPSA) is 63.4 Å². The summed E-state index contributed by atoms with van der Waals surface area (Å²) in [5.41, 5.74) is 5.44. The van der Waals surface area contributed by atoms with Crippen molar-refractivity contribution in [3.63, 3.8) is 0 Å². The second-order valence-corrected chi connectivity index (χ2v) is 7.14. The molecular weight excluding hydrogens is 336 g/mol. The summed E-state index contributed by atoms with van der Waals surface area (Å²) in [4.78, 5) is 0.406. The van der Waals surface area contributed by atoms with Crippen molar-refractivity contribution >= 4 is 43.2 Å². The zero-order valence-electron chi connectivity index (χ0n) is 9.97. The van der Waals surface area contributed by atoms with Gasteiger partial charge in [0.25, 0.3) is 0 Å². The first-order chi connectivity index (χ1) is 8.37. The molecule has 1 aromatic carbocycles. The third-order valence-corrected chi connectivity index (χ3v) is 4.70. The highest BCUT2D eigenvalue weighted by Crippen LogP contribution is 2.20. The predicted octanol–water partition coefficient (Wildman–Crippen LogP) is 2.14. The Balaban J connectivity index is 3.12. The zero-order chi connectivity index (χ0) is 13.8. The molecule has 1 aromatic rings. The molecule has 0 aliphatic heterocycles. The summed E-state index contributed by atoms with van der Waals surface area (Å²) in [5.74, 6) is 0. The Morgan fingerprint density at radius 2 is 2.17 bits per heavy atom. The fraction of sp³-hybridized carbons (Fsp3) is 0.364. The van der Waals surface area contributed by atoms with Crippen LogP contribution in [0, 0.1) is 0 Å². The standard InChI is InChI=1S/C11H15BrN2O2S2/c1-2-6-14(8-11(13)17)18(15,16)10-5-3-4-9(12)7-10/h3-5,7H,2,6,8H2,1H3,(H2,13,17). The van der Waals surface area contributed by atoms with Gasteiger partial charge in [-0.1, -0.05) is 41.1 Å². The molecule has 0 unspecified atom stereocenters. The van der Waals surface area contributed by atoms with E-state index in [1.807, 2.05) is 6.92 Å². The van der Waals surface area contributed by atoms with Gasteiger partial charge >= 0.3 is 0 Å². The van der Waals surface area contributed by atoms with Crippen molar-refractivity contribution in [1.29, 1.82) is 0 Å². The maximum Gasteiger partial charge on any atom is 0.243 e. The molecule has 2 N–H and O–H groups in total. The molecule has 0 amide bonds. The molecule has 0 heterocycles. The van der Waals surface area contributed by atoms with E-state index in [9.17, 15) is 8.42 Å². The van der Waals surface area contributed by atoms with Gasteiger partial charge in [0, 0.05) is 11.0 Å². The van der Waals surface area contributed by atoms with Crippen LogP contribution in [0.25, 0.3) is 0 Å². The van der Waals surface area contributed by atoms with Crippen LogP contribution >= 0.6 is 28.1 Å². The Kier molecular flexibility index (Phi) is 5.71. The van der Waals surface area contributed by atoms with Gasteiger partial charge < -0.3 is 5.73 Å². The van der Waals surface area contributed by atoms with E-state index in [-0.39, 0.29) is 16.4 Å². The number of nitrogens with two attached hydrogens (primary N) is 1. The summed E-state index contributed by atoms with van der Waals surface area (Å²) in [5, 5.41) is 0. The minimum Gasteiger partial charge on any atom is -0.392 e. The SMILES string of the molecule is CCCN(CC(N)=S)S(=O)(=O)c1cccc(Br)c1. The monoisotopic (exact) mass is 350 g/mol. The fourth-order valence-corrected chi connectivity index (χ4v) is 3.83. The lowest BCUT2D eigenvalue weighted by molar-refractivity contribution is 0.449. The van der Waals surface area contributed by atoms with Gasteiger partial charge in [-0.25, -0.2) is 8.42 Å². The van der Waals surface area contributed by atoms with Crippen molar-refractivity contribution in [3.05, 3.63) is 28.7 Å². The number of hydrogen-bond donors (Lipinski definition) is 1. The smallest absolute Gasteiger partial charge is 0.243 e. The van der Waals surface area contributed by atoms with Crippen LogP contribution in [0.15, 0.2) is 33.6 Å². The van der Waals surface area contributed by atoms with Crippen molar-refractivity contribution in [3.8, 4) is 0 Å². The van der Waals surface area contributed by atoms with Gasteiger partial charge in [-0.05, 0) is 24.6 Å². The lowest BCUT2D eigenvalue weighted by Crippen LogP contribution is -2.38. The van der Waals surface area contributed by atoms with Gasteiger partial charge in [-0.15, -0.1) is 0 Å². The minimum absolute atomic E-state index is 0.0675. The molecule has 0 saturated carbocycles. The van der Waals surface area contributed by atoms with Crippen LogP contribution in [-0.4, -0.2) is 30.8 Å². The lowest BCUT2D eigenvalue weighted by atomic mass is 10.4. The largest absolute Gasteiger partial charge is 0.392 e. The van der Waals surface area contributed by atoms with E-state index in [0.717, 1.165) is 4.47 Å². The summed E-state index contributed by atoms with van der Waals surface area (Å²) in [6, 6.07) is 6.58. The quantitative estimate of drug-likeness (QED) is 0.798. The number of benzene rings is 1. The van der Waals surface area contributed by atoms with Crippen LogP contribution in [0.2, 0.25) is 0 Å². The summed E-state index contributed by atoms with van der Waals surface area (Å²) in [6.07, 6.45) is 0.704. The normalized spacial score (nSPS) is 11.7. The zero-order valence-corrected chi connectivity index (χ0v) is 13.2. The Morgan fingerprint density at radius 1 is 1.50 bits per heavy atom. The van der Waals surface area contributed by atoms with E-state index in [2.05, 4.69) is 15.9 Å². The molecule has 7 heteroatoms. The maximum absolute atomic E-state index is 12.4. The molecule has 0 fully saturated rings. The summed E-state index contributed by atoms with van der Waals surface area (Å²) in [6.45, 7) is 2.37. The van der Waals surface area contributed by atoms with Crippen molar-refractivity contribution in [2.75, 3.05) is 13.1 Å². The molecule has 0 aromatic heterocycles. The van der Waals surface area contributed by atoms with E-state index in [1.165, 1.54) is 4.31 Å². The Labute approximate surface area is 121 Å². The molecule has 4 nitrogen and oxygen atoms in total. The number of rotatable bonds is 6. The van der Waals surface area contributed by atoms with Gasteiger partial charge in [0.05, 0.1) is 16.4 Å². The Bertz CT molecular complexity index is 532. The van der Waals surface area contributed by atoms with E-state index < -0.39 is 10.0 Å². The highest BCUT2D eigenvalue weighted by molar-refractivity contribution is 9.10. The highest BCUT2D eigenvalue weighted by Gasteiger charge is 2.24. The van der Waals surface area contributed by atoms with Gasteiger partial charge in [0.2, 0.25) is 10.0 Å². The number of nitrogens with zero attached hydrogens (tertiary/aromatic N) is 1. The van der Waals surface area contributed by atoms with E-state index >= 15 is 0 Å². The first-order valence-electron chi connectivity index (χ1n) is 5.42. The van der Waals surface area contributed by atoms with Gasteiger partial charge in [-0.3, -0.25) is 0 Å². The van der Waals surface area contributed by atoms with Gasteiger partial charge in [0.1, 0.15) is 0 Å². The second kappa shape index (κ2) is 6.60. The molecular formula is C11H15BrN2O2S2. The molecule has 0 aliphatic carbocycles. The van der Waals surface area contributed by atoms with Crippen LogP contribution in [-0.2, 0) is 10.0 Å². The first-order valence-corrected chi connectivity index (χ1v) is 8.06. The molecule has 0 aliphatic rings. The van der Waals surface area contributed by atoms with Crippen LogP contribution in [0.5, 0.6) is 0 Å². The first kappa shape index (κ1) is 15.6. The van der Waals surface area contributed by atoms with Crippen LogP contribution in [0.1, 0.15) is 13.3 Å². The molecule has 0 saturated heterocycles. The van der Waals surface area contributed by atoms with E-state index in [4.69, 9.17) is 18.0 Å². The summed E-state index contributed by atoms with van der Waals surface area (Å²) >= 11 is 8.05. The molecule has 100 valence electrons. The molecule has 0 radical (unpaired) electrons. The number of thiocarbonyl (C=S) groups is 1. The molecule has 1 rings (SSSR count). The maximum atomic E-state index is 12.4. The molecule has 0 bridgehead atoms. The fourth-order valence-electron chi connectivity index (χ4n) is 1.48. The van der Waals surface area contributed by atoms with E-state index in [0.29, 0.717) is 13.0 Å².